The minimum Gasteiger partial charge on any atom is -0.255 e. The van der Waals surface area contributed by atoms with Gasteiger partial charge in [-0.25, -0.2) is 8.78 Å². The largest absolute Gasteiger partial charge is 0.300 e. The molecule has 0 aliphatic carbocycles. The summed E-state index contributed by atoms with van der Waals surface area (Å²) < 4.78 is 20.6. The third kappa shape index (κ3) is 2.83. The molecule has 0 aromatic carbocycles. The van der Waals surface area contributed by atoms with Crippen molar-refractivity contribution in [1.29, 1.82) is 0 Å². The Hall–Kier alpha value is 0.170. The molecule has 14 heavy (non-hydrogen) atoms. The van der Waals surface area contributed by atoms with Gasteiger partial charge < -0.3 is 0 Å². The second-order valence-electron chi connectivity index (χ2n) is 2.40. The highest BCUT2D eigenvalue weighted by Crippen LogP contribution is 2.44. The molecule has 1 nitrogen and oxygen atoms in total. The smallest absolute Gasteiger partial charge is 0.255 e. The second-order valence-corrected chi connectivity index (χ2v) is 4.87. The first kappa shape index (κ1) is 12.2. The lowest BCUT2D eigenvalue weighted by Crippen LogP contribution is -2.15. The van der Waals surface area contributed by atoms with Crippen LogP contribution < -0.4 is 0 Å². The number of nitrogens with zero attached hydrogens (tertiary/aromatic N) is 1. The Morgan fingerprint density at radius 1 is 1.07 bits per heavy atom. The van der Waals surface area contributed by atoms with Crippen molar-refractivity contribution in [2.75, 3.05) is 0 Å². The quantitative estimate of drug-likeness (QED) is 0.740. The molecular formula is C7H3Cl4F2N. The normalized spacial score (nSPS) is 13.0. The van der Waals surface area contributed by atoms with Gasteiger partial charge in [0.25, 0.3) is 4.59 Å². The van der Waals surface area contributed by atoms with Gasteiger partial charge in [-0.3, -0.25) is 4.98 Å². The van der Waals surface area contributed by atoms with Crippen molar-refractivity contribution in [3.05, 3.63) is 29.6 Å². The zero-order chi connectivity index (χ0) is 11.0. The Labute approximate surface area is 98.9 Å². The lowest BCUT2D eigenvalue weighted by Gasteiger charge is -2.17. The maximum atomic E-state index is 13.1. The number of rotatable bonds is 2. The van der Waals surface area contributed by atoms with Crippen LogP contribution in [-0.2, 0) is 9.17 Å². The van der Waals surface area contributed by atoms with Gasteiger partial charge in [0.2, 0.25) is 0 Å². The standard InChI is InChI=1S/C7H3Cl4F2N/c8-6(9,12)4-2-1-3-14-5(4)7(10,11)13/h1-3H. The highest BCUT2D eigenvalue weighted by molar-refractivity contribution is 6.48. The zero-order valence-corrected chi connectivity index (χ0v) is 9.47. The van der Waals surface area contributed by atoms with Crippen LogP contribution in [0.1, 0.15) is 11.3 Å². The Balaban J connectivity index is 3.31. The van der Waals surface area contributed by atoms with Crippen LogP contribution in [-0.4, -0.2) is 4.98 Å². The topological polar surface area (TPSA) is 12.9 Å². The van der Waals surface area contributed by atoms with E-state index in [0.717, 1.165) is 6.07 Å². The fourth-order valence-corrected chi connectivity index (χ4v) is 1.47. The minimum atomic E-state index is -2.84. The average molecular weight is 281 g/mol. The fraction of sp³-hybridized carbons (Fsp3) is 0.286. The average Bonchev–Trinajstić information content (AvgIpc) is 2.01. The Kier molecular flexibility index (Phi) is 3.47. The SMILES string of the molecule is FC(Cl)(Cl)c1cccnc1C(F)(Cl)Cl. The molecule has 0 aliphatic heterocycles. The summed E-state index contributed by atoms with van der Waals surface area (Å²) in [7, 11) is 0. The molecule has 0 bridgehead atoms. The predicted molar refractivity (Wildman–Crippen MR) is 53.2 cm³/mol. The van der Waals surface area contributed by atoms with Crippen molar-refractivity contribution >= 4 is 46.4 Å². The number of hydrogen-bond acceptors (Lipinski definition) is 1. The Bertz CT molecular complexity index is 298. The van der Waals surface area contributed by atoms with Gasteiger partial charge in [-0.15, -0.1) is 0 Å². The van der Waals surface area contributed by atoms with Gasteiger partial charge in [-0.2, -0.15) is 0 Å². The van der Waals surface area contributed by atoms with Gasteiger partial charge in [0.05, 0.1) is 0 Å². The minimum absolute atomic E-state index is 0.421. The fourth-order valence-electron chi connectivity index (χ4n) is 0.860. The highest BCUT2D eigenvalue weighted by Gasteiger charge is 2.38. The lowest BCUT2D eigenvalue weighted by molar-refractivity contribution is 0.364. The summed E-state index contributed by atoms with van der Waals surface area (Å²) in [4.78, 5) is 3.47. The molecule has 1 rings (SSSR count). The molecule has 0 amide bonds. The Morgan fingerprint density at radius 2 is 1.64 bits per heavy atom. The predicted octanol–water partition coefficient (Wildman–Crippen LogP) is 4.20. The van der Waals surface area contributed by atoms with E-state index >= 15 is 0 Å². The monoisotopic (exact) mass is 279 g/mol. The van der Waals surface area contributed by atoms with E-state index in [-0.39, 0.29) is 0 Å². The van der Waals surface area contributed by atoms with Gasteiger partial charge in [-0.1, -0.05) is 46.4 Å². The van der Waals surface area contributed by atoms with Crippen LogP contribution in [0.2, 0.25) is 0 Å². The van der Waals surface area contributed by atoms with Crippen LogP contribution in [0.4, 0.5) is 8.78 Å². The summed E-state index contributed by atoms with van der Waals surface area (Å²) in [6.45, 7) is 0. The van der Waals surface area contributed by atoms with E-state index in [0.29, 0.717) is 0 Å². The summed E-state index contributed by atoms with van der Waals surface area (Å²) in [6, 6.07) is 2.47. The first-order valence-electron chi connectivity index (χ1n) is 3.32. The summed E-state index contributed by atoms with van der Waals surface area (Å²) in [6.07, 6.45) is 1.19. The van der Waals surface area contributed by atoms with E-state index < -0.39 is 20.4 Å². The molecular weight excluding hydrogens is 278 g/mol. The van der Waals surface area contributed by atoms with E-state index in [4.69, 9.17) is 46.4 Å². The molecule has 1 aromatic rings. The molecule has 0 radical (unpaired) electrons. The maximum absolute atomic E-state index is 13.1. The molecule has 0 fully saturated rings. The van der Waals surface area contributed by atoms with Crippen LogP contribution in [0.3, 0.4) is 0 Å². The van der Waals surface area contributed by atoms with E-state index in [1.54, 1.807) is 0 Å². The summed E-state index contributed by atoms with van der Waals surface area (Å²) in [5.41, 5.74) is -0.980. The van der Waals surface area contributed by atoms with Crippen LogP contribution >= 0.6 is 46.4 Å². The molecule has 0 saturated heterocycles. The van der Waals surface area contributed by atoms with Crippen molar-refractivity contribution in [1.82, 2.24) is 4.98 Å². The number of hydrogen-bond donors (Lipinski definition) is 0. The highest BCUT2D eigenvalue weighted by atomic mass is 35.5. The van der Waals surface area contributed by atoms with Crippen molar-refractivity contribution in [2.24, 2.45) is 0 Å². The zero-order valence-electron chi connectivity index (χ0n) is 6.45. The third-order valence-corrected chi connectivity index (χ3v) is 2.15. The van der Waals surface area contributed by atoms with E-state index in [2.05, 4.69) is 4.98 Å². The van der Waals surface area contributed by atoms with Crippen LogP contribution in [0.25, 0.3) is 0 Å². The molecule has 1 aromatic heterocycles. The second kappa shape index (κ2) is 3.97. The molecule has 0 spiro atoms. The third-order valence-electron chi connectivity index (χ3n) is 1.38. The molecule has 78 valence electrons. The van der Waals surface area contributed by atoms with Crippen LogP contribution in [0.5, 0.6) is 0 Å². The lowest BCUT2D eigenvalue weighted by atomic mass is 10.2. The molecule has 0 atom stereocenters. The van der Waals surface area contributed by atoms with Gasteiger partial charge in [0.15, 0.2) is 0 Å². The molecule has 0 aliphatic rings. The van der Waals surface area contributed by atoms with E-state index in [1.807, 2.05) is 0 Å². The number of aromatic nitrogens is 1. The number of pyridine rings is 1. The van der Waals surface area contributed by atoms with Gasteiger partial charge in [-0.05, 0) is 12.1 Å². The summed E-state index contributed by atoms with van der Waals surface area (Å²) in [5, 5.41) is 0. The van der Waals surface area contributed by atoms with Crippen molar-refractivity contribution in [3.8, 4) is 0 Å². The number of halogens is 6. The van der Waals surface area contributed by atoms with Crippen molar-refractivity contribution < 1.29 is 8.78 Å². The van der Waals surface area contributed by atoms with E-state index in [1.165, 1.54) is 12.3 Å². The van der Waals surface area contributed by atoms with Crippen molar-refractivity contribution in [3.63, 3.8) is 0 Å². The van der Waals surface area contributed by atoms with E-state index in [9.17, 15) is 8.78 Å². The van der Waals surface area contributed by atoms with Crippen molar-refractivity contribution in [2.45, 2.75) is 9.17 Å². The first-order valence-corrected chi connectivity index (χ1v) is 4.83. The summed E-state index contributed by atoms with van der Waals surface area (Å²) in [5.74, 6) is 0. The molecule has 1 heterocycles. The Morgan fingerprint density at radius 3 is 2.00 bits per heavy atom. The van der Waals surface area contributed by atoms with Crippen LogP contribution in [0, 0.1) is 0 Å². The van der Waals surface area contributed by atoms with Gasteiger partial charge in [0, 0.05) is 11.8 Å². The number of alkyl halides is 6. The molecule has 0 saturated carbocycles. The van der Waals surface area contributed by atoms with Crippen LogP contribution in [0.15, 0.2) is 18.3 Å². The van der Waals surface area contributed by atoms with Gasteiger partial charge >= 0.3 is 4.59 Å². The maximum Gasteiger partial charge on any atom is 0.300 e. The molecule has 0 N–H and O–H groups in total. The van der Waals surface area contributed by atoms with Gasteiger partial charge in [0.1, 0.15) is 5.69 Å². The molecule has 0 unspecified atom stereocenters. The molecule has 7 heteroatoms. The summed E-state index contributed by atoms with van der Waals surface area (Å²) >= 11 is 20.5. The first-order chi connectivity index (χ1) is 6.23.